The van der Waals surface area contributed by atoms with E-state index in [4.69, 9.17) is 15.1 Å². The Bertz CT molecular complexity index is 1500. The van der Waals surface area contributed by atoms with Gasteiger partial charge in [0, 0.05) is 35.3 Å². The van der Waals surface area contributed by atoms with Gasteiger partial charge in [-0.2, -0.15) is 14.0 Å². The summed E-state index contributed by atoms with van der Waals surface area (Å²) in [5, 5.41) is 22.3. The smallest absolute Gasteiger partial charge is 0.295 e. The molecule has 2 N–H and O–H groups in total. The van der Waals surface area contributed by atoms with Crippen LogP contribution in [0.15, 0.2) is 54.7 Å². The Hall–Kier alpha value is -4.36. The van der Waals surface area contributed by atoms with E-state index >= 15 is 0 Å². The lowest BCUT2D eigenvalue weighted by molar-refractivity contribution is -0.0556. The van der Waals surface area contributed by atoms with Crippen LogP contribution in [0.2, 0.25) is 0 Å². The molecule has 0 fully saturated rings. The highest BCUT2D eigenvalue weighted by molar-refractivity contribution is 5.92. The highest BCUT2D eigenvalue weighted by atomic mass is 19.3. The maximum atomic E-state index is 14.1. The van der Waals surface area contributed by atoms with E-state index in [2.05, 4.69) is 26.3 Å². The molecule has 8 nitrogen and oxygen atoms in total. The molecule has 4 aromatic rings. The monoisotopic (exact) mass is 518 g/mol. The maximum absolute atomic E-state index is 14.1. The number of hydrogen-bond donors (Lipinski definition) is 2. The average molecular weight is 519 g/mol. The molecule has 0 amide bonds. The summed E-state index contributed by atoms with van der Waals surface area (Å²) >= 11 is 0. The van der Waals surface area contributed by atoms with Crippen LogP contribution >= 0.6 is 0 Å². The van der Waals surface area contributed by atoms with Crippen LogP contribution in [0.5, 0.6) is 5.88 Å². The molecule has 2 aromatic carbocycles. The third-order valence-corrected chi connectivity index (χ3v) is 6.30. The van der Waals surface area contributed by atoms with Gasteiger partial charge in [0.2, 0.25) is 5.88 Å². The molecule has 0 spiro atoms. The largest absolute Gasteiger partial charge is 0.481 e. The molecule has 196 valence electrons. The number of nitrogens with one attached hydrogen (secondary N) is 1. The van der Waals surface area contributed by atoms with E-state index in [-0.39, 0.29) is 18.0 Å². The summed E-state index contributed by atoms with van der Waals surface area (Å²) in [5.41, 5.74) is 3.39. The fourth-order valence-electron chi connectivity index (χ4n) is 4.18. The normalized spacial score (nSPS) is 12.2. The number of hydrogen-bond acceptors (Lipinski definition) is 8. The number of aliphatic hydroxyl groups is 1. The summed E-state index contributed by atoms with van der Waals surface area (Å²) < 4.78 is 33.4. The van der Waals surface area contributed by atoms with E-state index in [1.165, 1.54) is 19.2 Å². The minimum atomic E-state index is -3.32. The average Bonchev–Trinajstić information content (AvgIpc) is 2.92. The number of aryl methyl sites for hydroxylation is 1. The molecule has 10 heteroatoms. The van der Waals surface area contributed by atoms with E-state index in [0.717, 1.165) is 22.3 Å². The molecular weight excluding hydrogens is 490 g/mol. The molecule has 4 rings (SSSR count). The Labute approximate surface area is 219 Å². The molecule has 0 unspecified atom stereocenters. The topological polar surface area (TPSA) is 107 Å². The van der Waals surface area contributed by atoms with Crippen LogP contribution < -0.4 is 15.0 Å². The molecule has 0 aliphatic carbocycles. The predicted octanol–water partition coefficient (Wildman–Crippen LogP) is 5.43. The Morgan fingerprint density at radius 3 is 2.66 bits per heavy atom. The van der Waals surface area contributed by atoms with Crippen LogP contribution in [-0.2, 0) is 12.3 Å². The molecule has 0 saturated heterocycles. The highest BCUT2D eigenvalue weighted by Crippen LogP contribution is 2.33. The van der Waals surface area contributed by atoms with Crippen molar-refractivity contribution in [2.24, 2.45) is 0 Å². The number of rotatable bonds is 9. The number of methoxy groups -OCH3 is 1. The van der Waals surface area contributed by atoms with Crippen molar-refractivity contribution < 1.29 is 18.6 Å². The van der Waals surface area contributed by atoms with Crippen LogP contribution in [0.1, 0.15) is 35.5 Å². The van der Waals surface area contributed by atoms with Crippen molar-refractivity contribution in [2.45, 2.75) is 32.2 Å². The second-order valence-electron chi connectivity index (χ2n) is 8.93. The van der Waals surface area contributed by atoms with Gasteiger partial charge in [0.15, 0.2) is 0 Å². The van der Waals surface area contributed by atoms with Crippen molar-refractivity contribution in [1.29, 1.82) is 5.26 Å². The van der Waals surface area contributed by atoms with Gasteiger partial charge < -0.3 is 20.1 Å². The van der Waals surface area contributed by atoms with E-state index in [9.17, 15) is 8.78 Å². The van der Waals surface area contributed by atoms with Crippen molar-refractivity contribution >= 4 is 28.1 Å². The Morgan fingerprint density at radius 1 is 1.16 bits per heavy atom. The number of nitriles is 1. The highest BCUT2D eigenvalue weighted by Gasteiger charge is 2.30. The molecule has 0 bridgehead atoms. The van der Waals surface area contributed by atoms with Gasteiger partial charge in [0.25, 0.3) is 5.92 Å². The van der Waals surface area contributed by atoms with Gasteiger partial charge in [-0.25, -0.2) is 15.0 Å². The first-order valence-corrected chi connectivity index (χ1v) is 11.9. The molecule has 38 heavy (non-hydrogen) atoms. The van der Waals surface area contributed by atoms with Crippen molar-refractivity contribution in [2.75, 3.05) is 31.0 Å². The van der Waals surface area contributed by atoms with Crippen molar-refractivity contribution in [3.8, 4) is 11.9 Å². The Kier molecular flexibility index (Phi) is 7.69. The lowest BCUT2D eigenvalue weighted by Crippen LogP contribution is -2.19. The number of aromatic nitrogens is 3. The lowest BCUT2D eigenvalue weighted by Gasteiger charge is -2.22. The van der Waals surface area contributed by atoms with Gasteiger partial charge in [0.05, 0.1) is 37.0 Å². The Morgan fingerprint density at radius 2 is 1.95 bits per heavy atom. The third-order valence-electron chi connectivity index (χ3n) is 6.30. The number of ether oxygens (including phenoxy) is 1. The van der Waals surface area contributed by atoms with Crippen LogP contribution in [0, 0.1) is 18.3 Å². The predicted molar refractivity (Wildman–Crippen MR) is 142 cm³/mol. The number of fused-ring (bicyclic) bond motifs is 1. The molecule has 2 aromatic heterocycles. The van der Waals surface area contributed by atoms with Crippen molar-refractivity contribution in [1.82, 2.24) is 15.0 Å². The number of anilines is 3. The van der Waals surface area contributed by atoms with Gasteiger partial charge in [0.1, 0.15) is 18.2 Å². The number of halogens is 2. The summed E-state index contributed by atoms with van der Waals surface area (Å²) in [6.07, 6.45) is 1.84. The summed E-state index contributed by atoms with van der Waals surface area (Å²) in [6, 6.07) is 15.4. The number of pyridine rings is 1. The number of benzene rings is 2. The third kappa shape index (κ3) is 5.48. The van der Waals surface area contributed by atoms with Crippen LogP contribution in [0.4, 0.5) is 26.0 Å². The minimum absolute atomic E-state index is 0.167. The van der Waals surface area contributed by atoms with E-state index in [0.29, 0.717) is 28.6 Å². The maximum Gasteiger partial charge on any atom is 0.295 e. The van der Waals surface area contributed by atoms with Crippen LogP contribution in [0.3, 0.4) is 0 Å². The zero-order valence-corrected chi connectivity index (χ0v) is 21.5. The lowest BCUT2D eigenvalue weighted by atomic mass is 10.0. The minimum Gasteiger partial charge on any atom is -0.481 e. The second kappa shape index (κ2) is 10.9. The summed E-state index contributed by atoms with van der Waals surface area (Å²) in [4.78, 5) is 15.4. The zero-order chi connectivity index (χ0) is 27.4. The zero-order valence-electron chi connectivity index (χ0n) is 21.5. The van der Waals surface area contributed by atoms with Crippen molar-refractivity contribution in [3.63, 3.8) is 0 Å². The molecular formula is C28H28F2N6O2. The second-order valence-corrected chi connectivity index (χ2v) is 8.93. The van der Waals surface area contributed by atoms with Gasteiger partial charge in [-0.1, -0.05) is 18.2 Å². The van der Waals surface area contributed by atoms with Gasteiger partial charge in [-0.3, -0.25) is 0 Å². The van der Waals surface area contributed by atoms with Crippen LogP contribution in [-0.4, -0.2) is 40.8 Å². The molecule has 2 heterocycles. The number of alkyl halides is 2. The molecule has 1 atom stereocenters. The van der Waals surface area contributed by atoms with Crippen LogP contribution in [0.25, 0.3) is 10.9 Å². The molecule has 0 aliphatic rings. The number of aliphatic hydroxyl groups excluding tert-OH is 1. The fourth-order valence-corrected chi connectivity index (χ4v) is 4.18. The van der Waals surface area contributed by atoms with E-state index in [1.807, 2.05) is 43.1 Å². The summed E-state index contributed by atoms with van der Waals surface area (Å²) in [7, 11) is 3.40. The Balaban J connectivity index is 1.69. The van der Waals surface area contributed by atoms with Gasteiger partial charge >= 0.3 is 0 Å². The molecule has 0 saturated carbocycles. The first-order valence-electron chi connectivity index (χ1n) is 11.9. The van der Waals surface area contributed by atoms with Gasteiger partial charge in [-0.15, -0.1) is 0 Å². The fraction of sp³-hybridized carbons (Fsp3) is 0.286. The standard InChI is InChI=1S/C28H28F2N6O2/c1-17(19-6-5-7-21(12-19)28(29,30)16-37)33-26-24-14-22(8-9-25(24)34-18(2)35-26)36(3)23-13-20(10-11-31)27(38-4)32-15-23/h5-9,12-15,17,37H,10,16H2,1-4H3,(H,33,34,35)/t17-/m1/s1. The van der Waals surface area contributed by atoms with E-state index in [1.54, 1.807) is 25.3 Å². The molecule has 0 radical (unpaired) electrons. The van der Waals surface area contributed by atoms with Crippen molar-refractivity contribution in [3.05, 3.63) is 77.2 Å². The first kappa shape index (κ1) is 26.7. The summed E-state index contributed by atoms with van der Waals surface area (Å²) in [6.45, 7) is 2.39. The quantitative estimate of drug-likeness (QED) is 0.302. The SMILES string of the molecule is COc1ncc(N(C)c2ccc3nc(C)nc(N[C@H](C)c4cccc(C(F)(F)CO)c4)c3c2)cc1CC#N. The van der Waals surface area contributed by atoms with Gasteiger partial charge in [-0.05, 0) is 49.7 Å². The summed E-state index contributed by atoms with van der Waals surface area (Å²) in [5.74, 6) is -1.79. The van der Waals surface area contributed by atoms with E-state index < -0.39 is 12.5 Å². The number of nitrogens with zero attached hydrogens (tertiary/aromatic N) is 5. The first-order chi connectivity index (χ1) is 18.2. The molecule has 0 aliphatic heterocycles.